The molecule has 106 valence electrons. The number of methoxy groups -OCH3 is 1. The Morgan fingerprint density at radius 3 is 2.60 bits per heavy atom. The predicted molar refractivity (Wildman–Crippen MR) is 73.2 cm³/mol. The molecule has 5 heteroatoms. The molecule has 2 atom stereocenters. The number of fused-ring (bicyclic) bond motifs is 1. The number of ether oxygens (including phenoxy) is 1. The number of phenols is 1. The highest BCUT2D eigenvalue weighted by Crippen LogP contribution is 2.34. The van der Waals surface area contributed by atoms with Crippen LogP contribution in [0.15, 0.2) is 36.4 Å². The molecule has 0 amide bonds. The number of carbonyl (C=O) groups is 1. The van der Waals surface area contributed by atoms with Gasteiger partial charge >= 0.3 is 5.97 Å². The van der Waals surface area contributed by atoms with E-state index in [1.54, 1.807) is 18.2 Å². The first kappa shape index (κ1) is 14.3. The van der Waals surface area contributed by atoms with E-state index in [1.165, 1.54) is 13.2 Å². The molecule has 20 heavy (non-hydrogen) atoms. The summed E-state index contributed by atoms with van der Waals surface area (Å²) in [5, 5.41) is 31.5. The van der Waals surface area contributed by atoms with E-state index in [4.69, 9.17) is 0 Å². The second kappa shape index (κ2) is 5.90. The summed E-state index contributed by atoms with van der Waals surface area (Å²) < 4.78 is 4.45. The number of hydrogen-bond acceptors (Lipinski definition) is 5. The standard InChI is InChI=1S/C15H16O5/c1-20-13(18)8-12(17)15(19)14-10-5-3-2-4-9(10)6-7-11(14)16/h2-7,12,15-17,19H,8H2,1H3. The first-order valence-electron chi connectivity index (χ1n) is 6.18. The average molecular weight is 276 g/mol. The lowest BCUT2D eigenvalue weighted by atomic mass is 9.95. The van der Waals surface area contributed by atoms with Crippen molar-refractivity contribution in [2.24, 2.45) is 0 Å². The number of benzene rings is 2. The van der Waals surface area contributed by atoms with Crippen LogP contribution < -0.4 is 0 Å². The van der Waals surface area contributed by atoms with Gasteiger partial charge in [-0.2, -0.15) is 0 Å². The maximum Gasteiger partial charge on any atom is 0.308 e. The van der Waals surface area contributed by atoms with Crippen LogP contribution in [0.25, 0.3) is 10.8 Å². The van der Waals surface area contributed by atoms with E-state index < -0.39 is 18.2 Å². The van der Waals surface area contributed by atoms with Crippen LogP contribution in [0.4, 0.5) is 0 Å². The summed E-state index contributed by atoms with van der Waals surface area (Å²) in [7, 11) is 1.21. The van der Waals surface area contributed by atoms with Crippen molar-refractivity contribution in [3.63, 3.8) is 0 Å². The highest BCUT2D eigenvalue weighted by atomic mass is 16.5. The number of aliphatic hydroxyl groups is 2. The minimum absolute atomic E-state index is 0.125. The summed E-state index contributed by atoms with van der Waals surface area (Å²) in [6.45, 7) is 0. The van der Waals surface area contributed by atoms with Crippen LogP contribution in [0.5, 0.6) is 5.75 Å². The SMILES string of the molecule is COC(=O)CC(O)C(O)c1c(O)ccc2ccccc12. The molecule has 0 saturated carbocycles. The topological polar surface area (TPSA) is 87.0 Å². The summed E-state index contributed by atoms with van der Waals surface area (Å²) in [6, 6.07) is 10.3. The van der Waals surface area contributed by atoms with Crippen molar-refractivity contribution < 1.29 is 24.9 Å². The van der Waals surface area contributed by atoms with Crippen molar-refractivity contribution >= 4 is 16.7 Å². The Morgan fingerprint density at radius 1 is 1.20 bits per heavy atom. The van der Waals surface area contributed by atoms with Crippen molar-refractivity contribution in [3.8, 4) is 5.75 Å². The van der Waals surface area contributed by atoms with Gasteiger partial charge in [-0.3, -0.25) is 4.79 Å². The fraction of sp³-hybridized carbons (Fsp3) is 0.267. The molecule has 0 spiro atoms. The number of esters is 1. The van der Waals surface area contributed by atoms with Crippen LogP contribution in [0.3, 0.4) is 0 Å². The molecule has 5 nitrogen and oxygen atoms in total. The molecule has 0 aliphatic carbocycles. The molecular weight excluding hydrogens is 260 g/mol. The summed E-state index contributed by atoms with van der Waals surface area (Å²) in [6.07, 6.45) is -3.07. The van der Waals surface area contributed by atoms with Crippen molar-refractivity contribution in [1.82, 2.24) is 0 Å². The second-order valence-corrected chi connectivity index (χ2v) is 4.51. The smallest absolute Gasteiger partial charge is 0.308 e. The van der Waals surface area contributed by atoms with Gasteiger partial charge in [-0.25, -0.2) is 0 Å². The molecule has 0 aromatic heterocycles. The molecule has 2 aromatic rings. The van der Waals surface area contributed by atoms with Gasteiger partial charge in [0.1, 0.15) is 11.9 Å². The second-order valence-electron chi connectivity index (χ2n) is 4.51. The maximum atomic E-state index is 11.2. The average Bonchev–Trinajstić information content (AvgIpc) is 2.46. The maximum absolute atomic E-state index is 11.2. The number of phenolic OH excluding ortho intramolecular Hbond substituents is 1. The molecule has 0 bridgehead atoms. The highest BCUT2D eigenvalue weighted by molar-refractivity contribution is 5.88. The Kier molecular flexibility index (Phi) is 4.22. The lowest BCUT2D eigenvalue weighted by molar-refractivity contribution is -0.144. The van der Waals surface area contributed by atoms with Crippen molar-refractivity contribution in [2.45, 2.75) is 18.6 Å². The quantitative estimate of drug-likeness (QED) is 0.737. The molecule has 0 aliphatic heterocycles. The van der Waals surface area contributed by atoms with Gasteiger partial charge in [-0.15, -0.1) is 0 Å². The van der Waals surface area contributed by atoms with Gasteiger partial charge < -0.3 is 20.1 Å². The summed E-state index contributed by atoms with van der Waals surface area (Å²) in [5.41, 5.74) is 0.208. The van der Waals surface area contributed by atoms with Gasteiger partial charge in [0.25, 0.3) is 0 Å². The summed E-state index contributed by atoms with van der Waals surface area (Å²) in [4.78, 5) is 11.2. The van der Waals surface area contributed by atoms with E-state index in [-0.39, 0.29) is 17.7 Å². The largest absolute Gasteiger partial charge is 0.508 e. The van der Waals surface area contributed by atoms with Crippen LogP contribution >= 0.6 is 0 Å². The third kappa shape index (κ3) is 2.74. The van der Waals surface area contributed by atoms with Gasteiger partial charge in [0.2, 0.25) is 0 Å². The van der Waals surface area contributed by atoms with E-state index in [0.717, 1.165) is 5.39 Å². The van der Waals surface area contributed by atoms with E-state index >= 15 is 0 Å². The molecule has 0 saturated heterocycles. The number of rotatable bonds is 4. The zero-order valence-corrected chi connectivity index (χ0v) is 11.0. The van der Waals surface area contributed by atoms with Crippen LogP contribution in [-0.4, -0.2) is 34.5 Å². The Balaban J connectivity index is 2.41. The fourth-order valence-corrected chi connectivity index (χ4v) is 2.15. The van der Waals surface area contributed by atoms with Crippen LogP contribution in [0, 0.1) is 0 Å². The number of carbonyl (C=O) groups excluding carboxylic acids is 1. The zero-order valence-electron chi connectivity index (χ0n) is 11.0. The van der Waals surface area contributed by atoms with Gasteiger partial charge in [0.05, 0.1) is 19.6 Å². The molecule has 0 radical (unpaired) electrons. The monoisotopic (exact) mass is 276 g/mol. The molecular formula is C15H16O5. The molecule has 2 unspecified atom stereocenters. The van der Waals surface area contributed by atoms with Crippen LogP contribution in [0.1, 0.15) is 18.1 Å². The first-order chi connectivity index (χ1) is 9.54. The Morgan fingerprint density at radius 2 is 1.90 bits per heavy atom. The summed E-state index contributed by atoms with van der Waals surface area (Å²) >= 11 is 0. The number of hydrogen-bond donors (Lipinski definition) is 3. The van der Waals surface area contributed by atoms with Gasteiger partial charge in [0.15, 0.2) is 0 Å². The normalized spacial score (nSPS) is 13.9. The zero-order chi connectivity index (χ0) is 14.7. The van der Waals surface area contributed by atoms with E-state index in [1.807, 2.05) is 12.1 Å². The molecule has 0 heterocycles. The third-order valence-electron chi connectivity index (χ3n) is 3.21. The molecule has 2 aromatic carbocycles. The molecule has 0 fully saturated rings. The summed E-state index contributed by atoms with van der Waals surface area (Å²) in [5.74, 6) is -0.753. The van der Waals surface area contributed by atoms with Crippen LogP contribution in [0.2, 0.25) is 0 Å². The van der Waals surface area contributed by atoms with Gasteiger partial charge in [0, 0.05) is 5.56 Å². The van der Waals surface area contributed by atoms with Gasteiger partial charge in [-0.1, -0.05) is 30.3 Å². The first-order valence-corrected chi connectivity index (χ1v) is 6.18. The lowest BCUT2D eigenvalue weighted by Crippen LogP contribution is -2.22. The Labute approximate surface area is 116 Å². The van der Waals surface area contributed by atoms with Crippen molar-refractivity contribution in [2.75, 3.05) is 7.11 Å². The number of aliphatic hydroxyl groups excluding tert-OH is 2. The number of aromatic hydroxyl groups is 1. The molecule has 0 aliphatic rings. The highest BCUT2D eigenvalue weighted by Gasteiger charge is 2.25. The molecule has 3 N–H and O–H groups in total. The van der Waals surface area contributed by atoms with E-state index in [0.29, 0.717) is 5.39 Å². The van der Waals surface area contributed by atoms with E-state index in [2.05, 4.69) is 4.74 Å². The van der Waals surface area contributed by atoms with Crippen molar-refractivity contribution in [3.05, 3.63) is 42.0 Å². The lowest BCUT2D eigenvalue weighted by Gasteiger charge is -2.20. The minimum Gasteiger partial charge on any atom is -0.508 e. The van der Waals surface area contributed by atoms with Gasteiger partial charge in [-0.05, 0) is 16.8 Å². The minimum atomic E-state index is -1.37. The fourth-order valence-electron chi connectivity index (χ4n) is 2.15. The van der Waals surface area contributed by atoms with E-state index in [9.17, 15) is 20.1 Å². The third-order valence-corrected chi connectivity index (χ3v) is 3.21. The van der Waals surface area contributed by atoms with Crippen LogP contribution in [-0.2, 0) is 9.53 Å². The Bertz CT molecular complexity index is 623. The Hall–Kier alpha value is -2.11. The molecule has 2 rings (SSSR count). The predicted octanol–water partition coefficient (Wildman–Crippen LogP) is 1.50. The van der Waals surface area contributed by atoms with Crippen molar-refractivity contribution in [1.29, 1.82) is 0 Å².